The van der Waals surface area contributed by atoms with Gasteiger partial charge in [0, 0.05) is 26.2 Å². The van der Waals surface area contributed by atoms with Crippen LogP contribution < -0.4 is 5.73 Å². The summed E-state index contributed by atoms with van der Waals surface area (Å²) in [6.45, 7) is 6.25. The van der Waals surface area contributed by atoms with Crippen molar-refractivity contribution in [2.24, 2.45) is 5.73 Å². The van der Waals surface area contributed by atoms with Gasteiger partial charge in [0.25, 0.3) is 0 Å². The molecule has 6 nitrogen and oxygen atoms in total. The molecule has 1 aliphatic rings. The lowest BCUT2D eigenvalue weighted by atomic mass is 10.2. The monoisotopic (exact) mass is 260 g/mol. The standard InChI is InChI=1S/C12H24N2O4/c1-10(8-13)17-5-3-14-4-6-18-11(9-14)7-12(15)16-2/h10-11H,3-9,13H2,1-2H3. The number of ether oxygens (including phenoxy) is 3. The van der Waals surface area contributed by atoms with Crippen molar-refractivity contribution in [2.45, 2.75) is 25.6 Å². The third kappa shape index (κ3) is 5.77. The molecular weight excluding hydrogens is 236 g/mol. The fraction of sp³-hybridized carbons (Fsp3) is 0.917. The van der Waals surface area contributed by atoms with Gasteiger partial charge in [-0.3, -0.25) is 9.69 Å². The van der Waals surface area contributed by atoms with E-state index >= 15 is 0 Å². The summed E-state index contributed by atoms with van der Waals surface area (Å²) in [6, 6.07) is 0. The molecule has 2 atom stereocenters. The molecule has 2 N–H and O–H groups in total. The van der Waals surface area contributed by atoms with Crippen molar-refractivity contribution in [3.05, 3.63) is 0 Å². The van der Waals surface area contributed by atoms with E-state index in [0.29, 0.717) is 26.2 Å². The van der Waals surface area contributed by atoms with Gasteiger partial charge in [-0.2, -0.15) is 0 Å². The SMILES string of the molecule is COC(=O)CC1CN(CCOC(C)CN)CCO1. The third-order valence-corrected chi connectivity index (χ3v) is 2.99. The van der Waals surface area contributed by atoms with Crippen LogP contribution in [0, 0.1) is 0 Å². The number of carbonyl (C=O) groups excluding carboxylic acids is 1. The highest BCUT2D eigenvalue weighted by Gasteiger charge is 2.22. The number of hydrogen-bond acceptors (Lipinski definition) is 6. The van der Waals surface area contributed by atoms with Crippen LogP contribution in [0.15, 0.2) is 0 Å². The number of hydrogen-bond donors (Lipinski definition) is 1. The second-order valence-corrected chi connectivity index (χ2v) is 4.49. The highest BCUT2D eigenvalue weighted by atomic mass is 16.5. The zero-order valence-electron chi connectivity index (χ0n) is 11.3. The summed E-state index contributed by atoms with van der Waals surface area (Å²) in [4.78, 5) is 13.4. The van der Waals surface area contributed by atoms with Crippen LogP contribution in [0.4, 0.5) is 0 Å². The number of nitrogens with two attached hydrogens (primary N) is 1. The number of nitrogens with zero attached hydrogens (tertiary/aromatic N) is 1. The van der Waals surface area contributed by atoms with E-state index in [2.05, 4.69) is 9.64 Å². The van der Waals surface area contributed by atoms with Crippen molar-refractivity contribution in [2.75, 3.05) is 46.5 Å². The van der Waals surface area contributed by atoms with Gasteiger partial charge in [0.05, 0.1) is 39.0 Å². The van der Waals surface area contributed by atoms with E-state index in [0.717, 1.165) is 19.6 Å². The Morgan fingerprint density at radius 2 is 2.39 bits per heavy atom. The molecule has 1 rings (SSSR count). The Labute approximate surface area is 108 Å². The topological polar surface area (TPSA) is 74.0 Å². The molecule has 0 aliphatic carbocycles. The fourth-order valence-electron chi connectivity index (χ4n) is 1.83. The van der Waals surface area contributed by atoms with Crippen LogP contribution in [0.3, 0.4) is 0 Å². The lowest BCUT2D eigenvalue weighted by Crippen LogP contribution is -2.44. The van der Waals surface area contributed by atoms with Gasteiger partial charge < -0.3 is 19.9 Å². The highest BCUT2D eigenvalue weighted by molar-refractivity contribution is 5.69. The molecule has 1 aliphatic heterocycles. The number of methoxy groups -OCH3 is 1. The van der Waals surface area contributed by atoms with E-state index in [1.165, 1.54) is 7.11 Å². The van der Waals surface area contributed by atoms with Crippen LogP contribution in [0.5, 0.6) is 0 Å². The first-order chi connectivity index (χ1) is 8.65. The van der Waals surface area contributed by atoms with Gasteiger partial charge in [-0.1, -0.05) is 0 Å². The lowest BCUT2D eigenvalue weighted by molar-refractivity contribution is -0.145. The first-order valence-electron chi connectivity index (χ1n) is 6.38. The van der Waals surface area contributed by atoms with Crippen LogP contribution >= 0.6 is 0 Å². The Balaban J connectivity index is 2.20. The molecule has 0 bridgehead atoms. The number of morpholine rings is 1. The molecule has 0 saturated carbocycles. The number of esters is 1. The predicted molar refractivity (Wildman–Crippen MR) is 67.3 cm³/mol. The molecular formula is C12H24N2O4. The van der Waals surface area contributed by atoms with Gasteiger partial charge in [0.1, 0.15) is 0 Å². The molecule has 6 heteroatoms. The van der Waals surface area contributed by atoms with E-state index in [-0.39, 0.29) is 18.2 Å². The maximum absolute atomic E-state index is 11.2. The molecule has 1 heterocycles. The number of carbonyl (C=O) groups is 1. The Morgan fingerprint density at radius 1 is 1.61 bits per heavy atom. The minimum atomic E-state index is -0.227. The molecule has 0 aromatic carbocycles. The Bertz CT molecular complexity index is 250. The Morgan fingerprint density at radius 3 is 3.06 bits per heavy atom. The lowest BCUT2D eigenvalue weighted by Gasteiger charge is -2.32. The van der Waals surface area contributed by atoms with Crippen LogP contribution in [-0.4, -0.2) is 69.6 Å². The summed E-state index contributed by atoms with van der Waals surface area (Å²) >= 11 is 0. The molecule has 0 spiro atoms. The molecule has 0 aromatic heterocycles. The smallest absolute Gasteiger partial charge is 0.308 e. The molecule has 2 unspecified atom stereocenters. The molecule has 106 valence electrons. The summed E-state index contributed by atoms with van der Waals surface area (Å²) in [5.74, 6) is -0.227. The second-order valence-electron chi connectivity index (χ2n) is 4.49. The van der Waals surface area contributed by atoms with Gasteiger partial charge in [0.2, 0.25) is 0 Å². The minimum absolute atomic E-state index is 0.0712. The Hall–Kier alpha value is -0.690. The average Bonchev–Trinajstić information content (AvgIpc) is 2.38. The molecule has 1 saturated heterocycles. The van der Waals surface area contributed by atoms with E-state index < -0.39 is 0 Å². The van der Waals surface area contributed by atoms with Crippen molar-refractivity contribution >= 4 is 5.97 Å². The zero-order chi connectivity index (χ0) is 13.4. The van der Waals surface area contributed by atoms with Crippen molar-refractivity contribution in [3.63, 3.8) is 0 Å². The van der Waals surface area contributed by atoms with Gasteiger partial charge in [-0.05, 0) is 6.92 Å². The molecule has 0 aromatic rings. The van der Waals surface area contributed by atoms with Crippen molar-refractivity contribution in [1.82, 2.24) is 4.90 Å². The normalized spacial score (nSPS) is 22.7. The van der Waals surface area contributed by atoms with Crippen molar-refractivity contribution in [3.8, 4) is 0 Å². The fourth-order valence-corrected chi connectivity index (χ4v) is 1.83. The van der Waals surface area contributed by atoms with Crippen LogP contribution in [0.1, 0.15) is 13.3 Å². The maximum atomic E-state index is 11.2. The van der Waals surface area contributed by atoms with Gasteiger partial charge >= 0.3 is 5.97 Å². The van der Waals surface area contributed by atoms with Crippen molar-refractivity contribution in [1.29, 1.82) is 0 Å². The molecule has 0 radical (unpaired) electrons. The summed E-state index contributed by atoms with van der Waals surface area (Å²) < 4.78 is 15.7. The first kappa shape index (κ1) is 15.4. The quantitative estimate of drug-likeness (QED) is 0.629. The predicted octanol–water partition coefficient (Wildman–Crippen LogP) is -0.386. The van der Waals surface area contributed by atoms with Gasteiger partial charge in [-0.25, -0.2) is 0 Å². The van der Waals surface area contributed by atoms with Gasteiger partial charge in [-0.15, -0.1) is 0 Å². The van der Waals surface area contributed by atoms with E-state index in [1.807, 2.05) is 6.92 Å². The summed E-state index contributed by atoms with van der Waals surface area (Å²) in [5, 5.41) is 0. The first-order valence-corrected chi connectivity index (χ1v) is 6.38. The highest BCUT2D eigenvalue weighted by Crippen LogP contribution is 2.09. The zero-order valence-corrected chi connectivity index (χ0v) is 11.3. The Kier molecular flexibility index (Phi) is 7.19. The van der Waals surface area contributed by atoms with Crippen LogP contribution in [-0.2, 0) is 19.0 Å². The summed E-state index contributed by atoms with van der Waals surface area (Å²) in [6.07, 6.45) is 0.336. The average molecular weight is 260 g/mol. The largest absolute Gasteiger partial charge is 0.469 e. The van der Waals surface area contributed by atoms with E-state index in [4.69, 9.17) is 15.2 Å². The second kappa shape index (κ2) is 8.42. The van der Waals surface area contributed by atoms with Crippen molar-refractivity contribution < 1.29 is 19.0 Å². The van der Waals surface area contributed by atoms with Crippen LogP contribution in [0.2, 0.25) is 0 Å². The number of rotatable bonds is 7. The van der Waals surface area contributed by atoms with Crippen LogP contribution in [0.25, 0.3) is 0 Å². The molecule has 0 amide bonds. The third-order valence-electron chi connectivity index (χ3n) is 2.99. The van der Waals surface area contributed by atoms with Gasteiger partial charge in [0.15, 0.2) is 0 Å². The molecule has 18 heavy (non-hydrogen) atoms. The minimum Gasteiger partial charge on any atom is -0.469 e. The van der Waals surface area contributed by atoms with E-state index in [9.17, 15) is 4.79 Å². The van der Waals surface area contributed by atoms with E-state index in [1.54, 1.807) is 0 Å². The summed E-state index contributed by atoms with van der Waals surface area (Å²) in [7, 11) is 1.39. The maximum Gasteiger partial charge on any atom is 0.308 e. The molecule has 1 fully saturated rings. The summed E-state index contributed by atoms with van der Waals surface area (Å²) in [5.41, 5.74) is 5.47.